The van der Waals surface area contributed by atoms with Gasteiger partial charge in [0, 0.05) is 37.9 Å². The molecule has 1 aromatic heterocycles. The SMILES string of the molecule is CC1CCCCN1CCCNC(=O)NCc1ccc(OCC2CC2)nc1. The van der Waals surface area contributed by atoms with E-state index in [0.717, 1.165) is 31.1 Å². The summed E-state index contributed by atoms with van der Waals surface area (Å²) in [4.78, 5) is 18.7. The molecular weight excluding hydrogens is 328 g/mol. The molecule has 144 valence electrons. The van der Waals surface area contributed by atoms with Gasteiger partial charge < -0.3 is 20.3 Å². The fourth-order valence-corrected chi connectivity index (χ4v) is 3.31. The van der Waals surface area contributed by atoms with Crippen LogP contribution in [-0.4, -0.2) is 48.2 Å². The third kappa shape index (κ3) is 6.48. The van der Waals surface area contributed by atoms with Gasteiger partial charge >= 0.3 is 6.03 Å². The first-order valence-corrected chi connectivity index (χ1v) is 10.0. The van der Waals surface area contributed by atoms with Crippen molar-refractivity contribution in [2.45, 2.75) is 58.0 Å². The van der Waals surface area contributed by atoms with E-state index in [9.17, 15) is 4.79 Å². The molecule has 1 aliphatic carbocycles. The fourth-order valence-electron chi connectivity index (χ4n) is 3.31. The molecule has 1 aromatic rings. The highest BCUT2D eigenvalue weighted by atomic mass is 16.5. The fraction of sp³-hybridized carbons (Fsp3) is 0.700. The summed E-state index contributed by atoms with van der Waals surface area (Å²) in [5.41, 5.74) is 0.973. The highest BCUT2D eigenvalue weighted by Crippen LogP contribution is 2.29. The largest absolute Gasteiger partial charge is 0.477 e. The van der Waals surface area contributed by atoms with Crippen molar-refractivity contribution < 1.29 is 9.53 Å². The van der Waals surface area contributed by atoms with Crippen molar-refractivity contribution in [3.8, 4) is 5.88 Å². The molecule has 2 N–H and O–H groups in total. The quantitative estimate of drug-likeness (QED) is 0.665. The molecule has 2 heterocycles. The summed E-state index contributed by atoms with van der Waals surface area (Å²) >= 11 is 0. The summed E-state index contributed by atoms with van der Waals surface area (Å²) in [7, 11) is 0. The number of aromatic nitrogens is 1. The van der Waals surface area contributed by atoms with E-state index >= 15 is 0 Å². The summed E-state index contributed by atoms with van der Waals surface area (Å²) < 4.78 is 5.62. The molecule has 0 spiro atoms. The van der Waals surface area contributed by atoms with Crippen LogP contribution in [0.5, 0.6) is 5.88 Å². The van der Waals surface area contributed by atoms with Gasteiger partial charge in [0.05, 0.1) is 6.61 Å². The maximum atomic E-state index is 11.9. The number of pyridine rings is 1. The highest BCUT2D eigenvalue weighted by molar-refractivity contribution is 5.73. The minimum atomic E-state index is -0.120. The van der Waals surface area contributed by atoms with Crippen LogP contribution in [0.15, 0.2) is 18.3 Å². The number of rotatable bonds is 9. The molecule has 1 saturated heterocycles. The minimum absolute atomic E-state index is 0.120. The van der Waals surface area contributed by atoms with Gasteiger partial charge in [-0.2, -0.15) is 0 Å². The lowest BCUT2D eigenvalue weighted by atomic mass is 10.0. The minimum Gasteiger partial charge on any atom is -0.477 e. The Morgan fingerprint density at radius 1 is 1.27 bits per heavy atom. The molecule has 0 aromatic carbocycles. The molecule has 0 radical (unpaired) electrons. The molecule has 26 heavy (non-hydrogen) atoms. The Labute approximate surface area is 156 Å². The Bertz CT molecular complexity index is 559. The van der Waals surface area contributed by atoms with Crippen molar-refractivity contribution in [3.63, 3.8) is 0 Å². The number of hydrogen-bond donors (Lipinski definition) is 2. The first kappa shape index (κ1) is 19.0. The maximum absolute atomic E-state index is 11.9. The molecule has 2 amide bonds. The van der Waals surface area contributed by atoms with Gasteiger partial charge in [-0.1, -0.05) is 12.5 Å². The molecular formula is C20H32N4O2. The molecule has 3 rings (SSSR count). The monoisotopic (exact) mass is 360 g/mol. The first-order chi connectivity index (χ1) is 12.7. The average Bonchev–Trinajstić information content (AvgIpc) is 3.48. The van der Waals surface area contributed by atoms with Crippen LogP contribution in [0, 0.1) is 5.92 Å². The lowest BCUT2D eigenvalue weighted by Gasteiger charge is -2.33. The van der Waals surface area contributed by atoms with Gasteiger partial charge in [-0.05, 0) is 57.1 Å². The number of likely N-dealkylation sites (tertiary alicyclic amines) is 1. The van der Waals surface area contributed by atoms with E-state index in [-0.39, 0.29) is 6.03 Å². The topological polar surface area (TPSA) is 66.5 Å². The number of carbonyl (C=O) groups is 1. The number of carbonyl (C=O) groups excluding carboxylic acids is 1. The second kappa shape index (κ2) is 9.76. The Morgan fingerprint density at radius 3 is 2.88 bits per heavy atom. The molecule has 1 saturated carbocycles. The van der Waals surface area contributed by atoms with Crippen molar-refractivity contribution >= 4 is 6.03 Å². The molecule has 1 aliphatic heterocycles. The van der Waals surface area contributed by atoms with Gasteiger partial charge in [-0.25, -0.2) is 9.78 Å². The van der Waals surface area contributed by atoms with Crippen LogP contribution < -0.4 is 15.4 Å². The van der Waals surface area contributed by atoms with Crippen LogP contribution >= 0.6 is 0 Å². The Morgan fingerprint density at radius 2 is 2.15 bits per heavy atom. The number of nitrogens with one attached hydrogen (secondary N) is 2. The third-order valence-electron chi connectivity index (χ3n) is 5.26. The van der Waals surface area contributed by atoms with E-state index in [2.05, 4.69) is 27.4 Å². The zero-order chi connectivity index (χ0) is 18.2. The summed E-state index contributed by atoms with van der Waals surface area (Å²) in [6, 6.07) is 4.39. The van der Waals surface area contributed by atoms with Crippen LogP contribution in [0.1, 0.15) is 51.0 Å². The van der Waals surface area contributed by atoms with Crippen LogP contribution in [0.3, 0.4) is 0 Å². The van der Waals surface area contributed by atoms with Crippen LogP contribution in [-0.2, 0) is 6.54 Å². The predicted molar refractivity (Wildman–Crippen MR) is 102 cm³/mol. The highest BCUT2D eigenvalue weighted by Gasteiger charge is 2.22. The number of urea groups is 1. The summed E-state index contributed by atoms with van der Waals surface area (Å²) in [6.07, 6.45) is 9.25. The predicted octanol–water partition coefficient (Wildman–Crippen LogP) is 2.93. The van der Waals surface area contributed by atoms with Crippen molar-refractivity contribution in [1.29, 1.82) is 0 Å². The standard InChI is InChI=1S/C20H32N4O2/c1-16-5-2-3-11-24(16)12-4-10-21-20(25)23-14-18-8-9-19(22-13-18)26-15-17-6-7-17/h8-9,13,16-17H,2-7,10-12,14-15H2,1H3,(H2,21,23,25). The Balaban J connectivity index is 1.26. The maximum Gasteiger partial charge on any atom is 0.315 e. The summed E-state index contributed by atoms with van der Waals surface area (Å²) in [6.45, 7) is 6.51. The zero-order valence-electron chi connectivity index (χ0n) is 15.9. The van der Waals surface area contributed by atoms with Crippen molar-refractivity contribution in [2.75, 3.05) is 26.2 Å². The number of piperidine rings is 1. The molecule has 0 bridgehead atoms. The second-order valence-corrected chi connectivity index (χ2v) is 7.60. The van der Waals surface area contributed by atoms with Gasteiger partial charge in [0.1, 0.15) is 0 Å². The number of amides is 2. The second-order valence-electron chi connectivity index (χ2n) is 7.60. The lowest BCUT2D eigenvalue weighted by molar-refractivity contribution is 0.159. The van der Waals surface area contributed by atoms with Crippen molar-refractivity contribution in [1.82, 2.24) is 20.5 Å². The van der Waals surface area contributed by atoms with E-state index in [1.54, 1.807) is 6.20 Å². The van der Waals surface area contributed by atoms with Crippen molar-refractivity contribution in [2.24, 2.45) is 5.92 Å². The summed E-state index contributed by atoms with van der Waals surface area (Å²) in [5, 5.41) is 5.82. The molecule has 1 unspecified atom stereocenters. The Kier molecular flexibility index (Phi) is 7.12. The lowest BCUT2D eigenvalue weighted by Crippen LogP contribution is -2.40. The van der Waals surface area contributed by atoms with E-state index in [4.69, 9.17) is 4.74 Å². The van der Waals surface area contributed by atoms with Crippen LogP contribution in [0.4, 0.5) is 4.79 Å². The zero-order valence-corrected chi connectivity index (χ0v) is 15.9. The van der Waals surface area contributed by atoms with E-state index in [0.29, 0.717) is 25.0 Å². The van der Waals surface area contributed by atoms with Gasteiger partial charge in [0.2, 0.25) is 5.88 Å². The number of hydrogen-bond acceptors (Lipinski definition) is 4. The van der Waals surface area contributed by atoms with Gasteiger partial charge in [0.15, 0.2) is 0 Å². The summed E-state index contributed by atoms with van der Waals surface area (Å²) in [5.74, 6) is 1.39. The van der Waals surface area contributed by atoms with Crippen LogP contribution in [0.2, 0.25) is 0 Å². The molecule has 2 fully saturated rings. The third-order valence-corrected chi connectivity index (χ3v) is 5.26. The van der Waals surface area contributed by atoms with Crippen molar-refractivity contribution in [3.05, 3.63) is 23.9 Å². The van der Waals surface area contributed by atoms with E-state index < -0.39 is 0 Å². The van der Waals surface area contributed by atoms with Gasteiger partial charge in [-0.15, -0.1) is 0 Å². The van der Waals surface area contributed by atoms with Gasteiger partial charge in [0.25, 0.3) is 0 Å². The molecule has 6 nitrogen and oxygen atoms in total. The first-order valence-electron chi connectivity index (χ1n) is 10.0. The Hall–Kier alpha value is -1.82. The number of nitrogens with zero attached hydrogens (tertiary/aromatic N) is 2. The molecule has 6 heteroatoms. The number of ether oxygens (including phenoxy) is 1. The van der Waals surface area contributed by atoms with Gasteiger partial charge in [-0.3, -0.25) is 0 Å². The molecule has 1 atom stereocenters. The molecule has 2 aliphatic rings. The normalized spacial score (nSPS) is 20.6. The smallest absolute Gasteiger partial charge is 0.315 e. The van der Waals surface area contributed by atoms with Crippen LogP contribution in [0.25, 0.3) is 0 Å². The average molecular weight is 361 g/mol. The van der Waals surface area contributed by atoms with E-state index in [1.807, 2.05) is 12.1 Å². The van der Waals surface area contributed by atoms with E-state index in [1.165, 1.54) is 38.6 Å².